The molecule has 3 aromatic heterocycles. The number of hydrogen-bond donors (Lipinski definition) is 1. The van der Waals surface area contributed by atoms with Gasteiger partial charge in [0, 0.05) is 6.26 Å². The summed E-state index contributed by atoms with van der Waals surface area (Å²) in [6.45, 7) is 0. The molecular formula is C8H7N7O3S. The minimum Gasteiger partial charge on any atom is -0.451 e. The Bertz CT molecular complexity index is 852. The van der Waals surface area contributed by atoms with Crippen molar-refractivity contribution in [3.8, 4) is 11.5 Å². The quantitative estimate of drug-likeness (QED) is 0.635. The van der Waals surface area contributed by atoms with Crippen LogP contribution in [-0.2, 0) is 9.84 Å². The molecule has 2 N–H and O–H groups in total. The summed E-state index contributed by atoms with van der Waals surface area (Å²) >= 11 is 0. The van der Waals surface area contributed by atoms with E-state index in [1.54, 1.807) is 0 Å². The summed E-state index contributed by atoms with van der Waals surface area (Å²) in [5, 5.41) is 3.61. The van der Waals surface area contributed by atoms with E-state index >= 15 is 0 Å². The maximum Gasteiger partial charge on any atom is 0.258 e. The van der Waals surface area contributed by atoms with E-state index in [0.717, 1.165) is 10.8 Å². The fraction of sp³-hybridized carbons (Fsp3) is 0.125. The highest BCUT2D eigenvalue weighted by Crippen LogP contribution is 2.15. The van der Waals surface area contributed by atoms with Gasteiger partial charge in [-0.25, -0.2) is 13.4 Å². The van der Waals surface area contributed by atoms with Crippen LogP contribution in [0.4, 0.5) is 5.95 Å². The molecule has 0 bridgehead atoms. The van der Waals surface area contributed by atoms with Gasteiger partial charge in [0.1, 0.15) is 12.0 Å². The predicted molar refractivity (Wildman–Crippen MR) is 61.6 cm³/mol. The average Bonchev–Trinajstić information content (AvgIpc) is 2.95. The summed E-state index contributed by atoms with van der Waals surface area (Å²) in [6, 6.07) is 0. The first-order valence-corrected chi connectivity index (χ1v) is 6.83. The molecule has 0 saturated carbocycles. The molecule has 0 aromatic carbocycles. The van der Waals surface area contributed by atoms with Crippen LogP contribution in [0, 0.1) is 0 Å². The zero-order valence-electron chi connectivity index (χ0n) is 9.55. The van der Waals surface area contributed by atoms with Gasteiger partial charge < -0.3 is 10.2 Å². The highest BCUT2D eigenvalue weighted by Gasteiger charge is 2.18. The molecule has 10 nitrogen and oxygen atoms in total. The van der Waals surface area contributed by atoms with E-state index in [9.17, 15) is 8.42 Å². The van der Waals surface area contributed by atoms with Gasteiger partial charge in [0.25, 0.3) is 10.9 Å². The van der Waals surface area contributed by atoms with E-state index < -0.39 is 15.0 Å². The van der Waals surface area contributed by atoms with Crippen LogP contribution in [-0.4, -0.2) is 44.2 Å². The van der Waals surface area contributed by atoms with Gasteiger partial charge in [0.05, 0.1) is 0 Å². The van der Waals surface area contributed by atoms with Crippen LogP contribution in [0.1, 0.15) is 0 Å². The van der Waals surface area contributed by atoms with Crippen molar-refractivity contribution < 1.29 is 12.8 Å². The molecule has 3 aromatic rings. The van der Waals surface area contributed by atoms with Gasteiger partial charge in [-0.3, -0.25) is 0 Å². The van der Waals surface area contributed by atoms with Crippen LogP contribution < -0.4 is 5.73 Å². The van der Waals surface area contributed by atoms with Crippen LogP contribution in [0.15, 0.2) is 22.2 Å². The Morgan fingerprint density at radius 1 is 1.32 bits per heavy atom. The zero-order chi connectivity index (χ0) is 13.6. The average molecular weight is 281 g/mol. The molecule has 0 aliphatic rings. The molecule has 3 heterocycles. The van der Waals surface area contributed by atoms with Crippen LogP contribution in [0.2, 0.25) is 0 Å². The lowest BCUT2D eigenvalue weighted by molar-refractivity contribution is 0.558. The third-order valence-corrected chi connectivity index (χ3v) is 3.05. The molecule has 0 radical (unpaired) electrons. The van der Waals surface area contributed by atoms with Gasteiger partial charge in [-0.05, 0) is 0 Å². The molecule has 0 spiro atoms. The number of nitrogens with zero attached hydrogens (tertiary/aromatic N) is 6. The summed E-state index contributed by atoms with van der Waals surface area (Å²) in [5.74, 6) is 0.0963. The zero-order valence-corrected chi connectivity index (χ0v) is 10.4. The molecule has 0 aliphatic carbocycles. The SMILES string of the molecule is CS(=O)(=O)c1nc(N)n2nc(-c3cocn3)nc2n1. The fourth-order valence-corrected chi connectivity index (χ4v) is 1.89. The van der Waals surface area contributed by atoms with Gasteiger partial charge in [-0.15, -0.1) is 5.10 Å². The van der Waals surface area contributed by atoms with Gasteiger partial charge in [-0.1, -0.05) is 0 Å². The number of nitrogen functional groups attached to an aromatic ring is 1. The molecular weight excluding hydrogens is 274 g/mol. The topological polar surface area (TPSA) is 142 Å². The van der Waals surface area contributed by atoms with Crippen molar-refractivity contribution in [1.82, 2.24) is 29.5 Å². The van der Waals surface area contributed by atoms with E-state index in [1.165, 1.54) is 12.7 Å². The molecule has 0 saturated heterocycles. The molecule has 98 valence electrons. The second kappa shape index (κ2) is 3.71. The summed E-state index contributed by atoms with van der Waals surface area (Å²) in [7, 11) is -3.58. The Hall–Kier alpha value is -2.56. The maximum atomic E-state index is 11.4. The Balaban J connectivity index is 2.26. The first-order chi connectivity index (χ1) is 8.95. The Labute approximate surface area is 106 Å². The van der Waals surface area contributed by atoms with Crippen molar-refractivity contribution >= 4 is 21.6 Å². The minimum absolute atomic E-state index is 0.0194. The summed E-state index contributed by atoms with van der Waals surface area (Å²) in [4.78, 5) is 15.3. The Morgan fingerprint density at radius 2 is 2.11 bits per heavy atom. The van der Waals surface area contributed by atoms with Crippen LogP contribution in [0.25, 0.3) is 17.3 Å². The van der Waals surface area contributed by atoms with Gasteiger partial charge in [-0.2, -0.15) is 19.5 Å². The number of hydrogen-bond acceptors (Lipinski definition) is 9. The van der Waals surface area contributed by atoms with E-state index in [1.807, 2.05) is 0 Å². The third kappa shape index (κ3) is 1.89. The van der Waals surface area contributed by atoms with E-state index in [2.05, 4.69) is 25.0 Å². The molecule has 3 rings (SSSR count). The maximum absolute atomic E-state index is 11.4. The summed E-state index contributed by atoms with van der Waals surface area (Å²) < 4.78 is 28.7. The monoisotopic (exact) mass is 281 g/mol. The van der Waals surface area contributed by atoms with Gasteiger partial charge in [0.2, 0.25) is 21.6 Å². The lowest BCUT2D eigenvalue weighted by Crippen LogP contribution is -2.11. The first-order valence-electron chi connectivity index (χ1n) is 4.94. The predicted octanol–water partition coefficient (Wildman–Crippen LogP) is -0.840. The smallest absolute Gasteiger partial charge is 0.258 e. The number of rotatable bonds is 2. The number of anilines is 1. The Morgan fingerprint density at radius 3 is 2.74 bits per heavy atom. The van der Waals surface area contributed by atoms with Gasteiger partial charge in [0.15, 0.2) is 6.39 Å². The Kier molecular flexibility index (Phi) is 2.25. The number of aromatic nitrogens is 6. The molecule has 0 amide bonds. The van der Waals surface area contributed by atoms with Crippen molar-refractivity contribution in [1.29, 1.82) is 0 Å². The summed E-state index contributed by atoms with van der Waals surface area (Å²) in [5.41, 5.74) is 6.00. The second-order valence-electron chi connectivity index (χ2n) is 3.66. The second-order valence-corrected chi connectivity index (χ2v) is 5.57. The van der Waals surface area contributed by atoms with Crippen LogP contribution in [0.5, 0.6) is 0 Å². The number of nitrogens with two attached hydrogens (primary N) is 1. The molecule has 19 heavy (non-hydrogen) atoms. The first kappa shape index (κ1) is 11.5. The van der Waals surface area contributed by atoms with Crippen molar-refractivity contribution in [3.05, 3.63) is 12.7 Å². The normalized spacial score (nSPS) is 12.1. The molecule has 0 atom stereocenters. The van der Waals surface area contributed by atoms with Crippen molar-refractivity contribution in [3.63, 3.8) is 0 Å². The molecule has 0 unspecified atom stereocenters. The largest absolute Gasteiger partial charge is 0.451 e. The number of oxazole rings is 1. The molecule has 0 fully saturated rings. The lowest BCUT2D eigenvalue weighted by atomic mass is 10.5. The highest BCUT2D eigenvalue weighted by molar-refractivity contribution is 7.90. The van der Waals surface area contributed by atoms with E-state index in [0.29, 0.717) is 5.69 Å². The van der Waals surface area contributed by atoms with Crippen LogP contribution in [0.3, 0.4) is 0 Å². The van der Waals surface area contributed by atoms with Crippen molar-refractivity contribution in [2.24, 2.45) is 0 Å². The van der Waals surface area contributed by atoms with E-state index in [-0.39, 0.29) is 17.6 Å². The van der Waals surface area contributed by atoms with E-state index in [4.69, 9.17) is 10.2 Å². The number of fused-ring (bicyclic) bond motifs is 1. The number of sulfone groups is 1. The van der Waals surface area contributed by atoms with Gasteiger partial charge >= 0.3 is 0 Å². The lowest BCUT2D eigenvalue weighted by Gasteiger charge is -1.99. The van der Waals surface area contributed by atoms with Crippen LogP contribution >= 0.6 is 0 Å². The highest BCUT2D eigenvalue weighted by atomic mass is 32.2. The van der Waals surface area contributed by atoms with Crippen molar-refractivity contribution in [2.45, 2.75) is 5.16 Å². The fourth-order valence-electron chi connectivity index (χ4n) is 1.38. The third-order valence-electron chi connectivity index (χ3n) is 2.21. The molecule has 0 aliphatic heterocycles. The summed E-state index contributed by atoms with van der Waals surface area (Å²) in [6.07, 6.45) is 3.54. The van der Waals surface area contributed by atoms with Crippen molar-refractivity contribution in [2.75, 3.05) is 12.0 Å². The standard InChI is InChI=1S/C8H7N7O3S/c1-19(16,17)8-12-6(9)15-7(13-8)11-5(14-15)4-2-18-3-10-4/h2-3H,1H3,(H2,9,11,12,13,14). The minimum atomic E-state index is -3.58. The molecule has 11 heteroatoms.